The number of nitrogens with one attached hydrogen (secondary N) is 1. The summed E-state index contributed by atoms with van der Waals surface area (Å²) in [7, 11) is 0. The normalized spacial score (nSPS) is 10.5. The lowest BCUT2D eigenvalue weighted by Crippen LogP contribution is -2.09. The fourth-order valence-corrected chi connectivity index (χ4v) is 2.46. The largest absolute Gasteiger partial charge is 0.383 e. The predicted octanol–water partition coefficient (Wildman–Crippen LogP) is 3.93. The van der Waals surface area contributed by atoms with Crippen LogP contribution in [0.5, 0.6) is 0 Å². The van der Waals surface area contributed by atoms with Crippen LogP contribution in [0.2, 0.25) is 0 Å². The molecule has 3 rings (SSSR count). The van der Waals surface area contributed by atoms with Crippen LogP contribution in [-0.2, 0) is 6.54 Å². The van der Waals surface area contributed by atoms with Crippen LogP contribution in [0.4, 0.5) is 5.69 Å². The van der Waals surface area contributed by atoms with Crippen LogP contribution in [0.25, 0.3) is 10.9 Å². The van der Waals surface area contributed by atoms with Gasteiger partial charge >= 0.3 is 0 Å². The van der Waals surface area contributed by atoms with E-state index in [2.05, 4.69) is 59.4 Å². The summed E-state index contributed by atoms with van der Waals surface area (Å²) in [4.78, 5) is 0. The number of aromatic nitrogens is 1. The SMILES string of the molecule is Cc1ccc(NCCn2ccc3cc(C#N)ccc32)cc1. The number of nitriles is 1. The van der Waals surface area contributed by atoms with E-state index in [0.29, 0.717) is 5.56 Å². The molecule has 21 heavy (non-hydrogen) atoms. The molecular weight excluding hydrogens is 258 g/mol. The van der Waals surface area contributed by atoms with E-state index in [1.54, 1.807) is 0 Å². The van der Waals surface area contributed by atoms with E-state index in [-0.39, 0.29) is 0 Å². The van der Waals surface area contributed by atoms with Crippen molar-refractivity contribution in [1.29, 1.82) is 5.26 Å². The van der Waals surface area contributed by atoms with Crippen molar-refractivity contribution in [3.63, 3.8) is 0 Å². The van der Waals surface area contributed by atoms with Crippen molar-refractivity contribution in [2.75, 3.05) is 11.9 Å². The van der Waals surface area contributed by atoms with E-state index in [4.69, 9.17) is 5.26 Å². The Kier molecular flexibility index (Phi) is 3.61. The van der Waals surface area contributed by atoms with E-state index in [1.165, 1.54) is 11.1 Å². The molecule has 104 valence electrons. The molecular formula is C18H17N3. The monoisotopic (exact) mass is 275 g/mol. The molecule has 3 heteroatoms. The van der Waals surface area contributed by atoms with Gasteiger partial charge in [-0.2, -0.15) is 5.26 Å². The Morgan fingerprint density at radius 3 is 2.67 bits per heavy atom. The summed E-state index contributed by atoms with van der Waals surface area (Å²) in [6.45, 7) is 3.85. The highest BCUT2D eigenvalue weighted by Gasteiger charge is 2.02. The molecule has 0 fully saturated rings. The molecule has 0 unspecified atom stereocenters. The van der Waals surface area contributed by atoms with Gasteiger partial charge in [-0.05, 0) is 43.3 Å². The summed E-state index contributed by atoms with van der Waals surface area (Å²) >= 11 is 0. The molecule has 1 N–H and O–H groups in total. The number of fused-ring (bicyclic) bond motifs is 1. The zero-order valence-corrected chi connectivity index (χ0v) is 12.0. The molecule has 0 saturated heterocycles. The fourth-order valence-electron chi connectivity index (χ4n) is 2.46. The summed E-state index contributed by atoms with van der Waals surface area (Å²) in [5, 5.41) is 13.5. The fraction of sp³-hybridized carbons (Fsp3) is 0.167. The molecule has 0 atom stereocenters. The summed E-state index contributed by atoms with van der Waals surface area (Å²) in [5.74, 6) is 0. The first kappa shape index (κ1) is 13.3. The number of hydrogen-bond donors (Lipinski definition) is 1. The lowest BCUT2D eigenvalue weighted by Gasteiger charge is -2.09. The Hall–Kier alpha value is -2.73. The van der Waals surface area contributed by atoms with Gasteiger partial charge in [0.2, 0.25) is 0 Å². The van der Waals surface area contributed by atoms with Crippen molar-refractivity contribution in [3.8, 4) is 6.07 Å². The molecule has 2 aromatic carbocycles. The van der Waals surface area contributed by atoms with Gasteiger partial charge in [-0.3, -0.25) is 0 Å². The van der Waals surface area contributed by atoms with Crippen molar-refractivity contribution in [2.24, 2.45) is 0 Å². The molecule has 0 saturated carbocycles. The van der Waals surface area contributed by atoms with E-state index in [0.717, 1.165) is 24.2 Å². The second kappa shape index (κ2) is 5.72. The van der Waals surface area contributed by atoms with Crippen molar-refractivity contribution in [2.45, 2.75) is 13.5 Å². The van der Waals surface area contributed by atoms with Crippen LogP contribution < -0.4 is 5.32 Å². The first-order valence-corrected chi connectivity index (χ1v) is 7.06. The first-order valence-electron chi connectivity index (χ1n) is 7.06. The first-order chi connectivity index (χ1) is 10.3. The Balaban J connectivity index is 1.68. The highest BCUT2D eigenvalue weighted by molar-refractivity contribution is 5.81. The number of benzene rings is 2. The molecule has 3 aromatic rings. The standard InChI is InChI=1S/C18H17N3/c1-14-2-5-17(6-3-14)20-9-11-21-10-8-16-12-15(13-19)4-7-18(16)21/h2-8,10,12,20H,9,11H2,1H3. The maximum Gasteiger partial charge on any atom is 0.0991 e. The number of hydrogen-bond acceptors (Lipinski definition) is 2. The number of anilines is 1. The molecule has 0 spiro atoms. The number of nitrogens with zero attached hydrogens (tertiary/aromatic N) is 2. The van der Waals surface area contributed by atoms with E-state index in [9.17, 15) is 0 Å². The third kappa shape index (κ3) is 2.90. The second-order valence-electron chi connectivity index (χ2n) is 5.19. The van der Waals surface area contributed by atoms with Gasteiger partial charge in [-0.25, -0.2) is 0 Å². The predicted molar refractivity (Wildman–Crippen MR) is 86.3 cm³/mol. The third-order valence-corrected chi connectivity index (χ3v) is 3.63. The molecule has 0 aliphatic carbocycles. The van der Waals surface area contributed by atoms with Crippen LogP contribution in [-0.4, -0.2) is 11.1 Å². The Labute approximate surface area is 124 Å². The van der Waals surface area contributed by atoms with Gasteiger partial charge in [0.15, 0.2) is 0 Å². The van der Waals surface area contributed by atoms with Gasteiger partial charge in [0, 0.05) is 35.9 Å². The van der Waals surface area contributed by atoms with E-state index < -0.39 is 0 Å². The van der Waals surface area contributed by atoms with Gasteiger partial charge < -0.3 is 9.88 Å². The topological polar surface area (TPSA) is 40.8 Å². The summed E-state index contributed by atoms with van der Waals surface area (Å²) in [6, 6.07) is 18.5. The van der Waals surface area contributed by atoms with E-state index >= 15 is 0 Å². The Morgan fingerprint density at radius 2 is 1.90 bits per heavy atom. The lowest BCUT2D eigenvalue weighted by atomic mass is 10.2. The van der Waals surface area contributed by atoms with Gasteiger partial charge in [-0.1, -0.05) is 17.7 Å². The molecule has 3 nitrogen and oxygen atoms in total. The Morgan fingerprint density at radius 1 is 1.10 bits per heavy atom. The average Bonchev–Trinajstić information content (AvgIpc) is 2.91. The zero-order valence-electron chi connectivity index (χ0n) is 12.0. The highest BCUT2D eigenvalue weighted by atomic mass is 15.0. The molecule has 0 aliphatic heterocycles. The summed E-state index contributed by atoms with van der Waals surface area (Å²) in [5.41, 5.74) is 4.28. The zero-order chi connectivity index (χ0) is 14.7. The van der Waals surface area contributed by atoms with Crippen molar-refractivity contribution in [3.05, 3.63) is 65.9 Å². The Bertz CT molecular complexity index is 791. The van der Waals surface area contributed by atoms with Crippen LogP contribution in [0, 0.1) is 18.3 Å². The molecule has 0 aliphatic rings. The third-order valence-electron chi connectivity index (χ3n) is 3.63. The van der Waals surface area contributed by atoms with Crippen molar-refractivity contribution < 1.29 is 0 Å². The highest BCUT2D eigenvalue weighted by Crippen LogP contribution is 2.17. The summed E-state index contributed by atoms with van der Waals surface area (Å²) in [6.07, 6.45) is 2.07. The minimum Gasteiger partial charge on any atom is -0.383 e. The number of rotatable bonds is 4. The smallest absolute Gasteiger partial charge is 0.0991 e. The minimum absolute atomic E-state index is 0.707. The molecule has 0 amide bonds. The number of aryl methyl sites for hydroxylation is 1. The van der Waals surface area contributed by atoms with Crippen LogP contribution in [0.1, 0.15) is 11.1 Å². The lowest BCUT2D eigenvalue weighted by molar-refractivity contribution is 0.757. The van der Waals surface area contributed by atoms with Crippen LogP contribution >= 0.6 is 0 Å². The molecule has 0 radical (unpaired) electrons. The van der Waals surface area contributed by atoms with Gasteiger partial charge in [0.25, 0.3) is 0 Å². The van der Waals surface area contributed by atoms with Crippen molar-refractivity contribution >= 4 is 16.6 Å². The molecule has 1 heterocycles. The van der Waals surface area contributed by atoms with Crippen LogP contribution in [0.15, 0.2) is 54.7 Å². The van der Waals surface area contributed by atoms with E-state index in [1.807, 2.05) is 18.2 Å². The minimum atomic E-state index is 0.707. The molecule has 0 bridgehead atoms. The summed E-state index contributed by atoms with van der Waals surface area (Å²) < 4.78 is 2.21. The van der Waals surface area contributed by atoms with Crippen molar-refractivity contribution in [1.82, 2.24) is 4.57 Å². The van der Waals surface area contributed by atoms with Gasteiger partial charge in [0.1, 0.15) is 0 Å². The second-order valence-corrected chi connectivity index (χ2v) is 5.19. The van der Waals surface area contributed by atoms with Gasteiger partial charge in [0.05, 0.1) is 11.6 Å². The van der Waals surface area contributed by atoms with Crippen LogP contribution in [0.3, 0.4) is 0 Å². The maximum atomic E-state index is 8.92. The maximum absolute atomic E-state index is 8.92. The quantitative estimate of drug-likeness (QED) is 0.783. The average molecular weight is 275 g/mol. The molecule has 1 aromatic heterocycles. The van der Waals surface area contributed by atoms with Gasteiger partial charge in [-0.15, -0.1) is 0 Å².